The van der Waals surface area contributed by atoms with Crippen LogP contribution in [0.3, 0.4) is 0 Å². The molecule has 7 nitrogen and oxygen atoms in total. The molecule has 0 unspecified atom stereocenters. The fourth-order valence-electron chi connectivity index (χ4n) is 2.59. The Balaban J connectivity index is 2.06. The van der Waals surface area contributed by atoms with Crippen molar-refractivity contribution in [2.24, 2.45) is 0 Å². The van der Waals surface area contributed by atoms with Gasteiger partial charge < -0.3 is 18.0 Å². The summed E-state index contributed by atoms with van der Waals surface area (Å²) in [5.74, 6) is 1.57. The molecule has 9 heteroatoms. The number of unbranched alkanes of at least 4 members (excludes halogenated alkanes) is 1. The molecule has 0 saturated carbocycles. The molecule has 0 radical (unpaired) electrons. The number of carbonyl (C=O) groups is 1. The van der Waals surface area contributed by atoms with Gasteiger partial charge in [-0.3, -0.25) is 4.79 Å². The van der Waals surface area contributed by atoms with Crippen LogP contribution in [0.2, 0.25) is 6.04 Å². The van der Waals surface area contributed by atoms with Gasteiger partial charge in [0.2, 0.25) is 6.33 Å². The highest BCUT2D eigenvalue weighted by atomic mass is 32.2. The normalized spacial score (nSPS) is 11.7. The highest BCUT2D eigenvalue weighted by Gasteiger charge is 2.36. The molecule has 1 aromatic rings. The molecule has 1 heterocycles. The molecule has 0 aromatic carbocycles. The van der Waals surface area contributed by atoms with E-state index in [1.54, 1.807) is 33.1 Å². The van der Waals surface area contributed by atoms with Gasteiger partial charge in [0.25, 0.3) is 0 Å². The van der Waals surface area contributed by atoms with Crippen molar-refractivity contribution >= 4 is 26.5 Å². The van der Waals surface area contributed by atoms with Crippen LogP contribution in [-0.2, 0) is 35.9 Å². The second-order valence-electron chi connectivity index (χ2n) is 6.22. The summed E-state index contributed by atoms with van der Waals surface area (Å²) in [6.07, 6.45) is 9.87. The van der Waals surface area contributed by atoms with E-state index in [4.69, 9.17) is 18.0 Å². The number of esters is 1. The number of aryl methyl sites for hydroxylation is 1. The zero-order valence-electron chi connectivity index (χ0n) is 17.1. The van der Waals surface area contributed by atoms with Gasteiger partial charge >= 0.3 is 14.8 Å². The quantitative estimate of drug-likeness (QED) is 0.178. The van der Waals surface area contributed by atoms with Crippen molar-refractivity contribution in [3.8, 4) is 0 Å². The van der Waals surface area contributed by atoms with E-state index in [1.807, 2.05) is 6.20 Å². The van der Waals surface area contributed by atoms with Crippen LogP contribution < -0.4 is 4.57 Å². The van der Waals surface area contributed by atoms with Crippen molar-refractivity contribution in [1.29, 1.82) is 0 Å². The zero-order chi connectivity index (χ0) is 20.0. The summed E-state index contributed by atoms with van der Waals surface area (Å²) in [6, 6.07) is 0.781. The first-order valence-corrected chi connectivity index (χ1v) is 12.6. The number of imidazole rings is 1. The first-order valence-electron chi connectivity index (χ1n) is 9.52. The maximum Gasteiger partial charge on any atom is 0.500 e. The molecule has 27 heavy (non-hydrogen) atoms. The maximum absolute atomic E-state index is 11.8. The molecule has 1 aromatic heterocycles. The average Bonchev–Trinajstić information content (AvgIpc) is 3.14. The maximum atomic E-state index is 11.8. The van der Waals surface area contributed by atoms with Gasteiger partial charge in [-0.2, -0.15) is 11.8 Å². The van der Waals surface area contributed by atoms with E-state index < -0.39 is 8.80 Å². The van der Waals surface area contributed by atoms with E-state index in [0.29, 0.717) is 19.6 Å². The van der Waals surface area contributed by atoms with Gasteiger partial charge in [-0.05, 0) is 18.6 Å². The Hall–Kier alpha value is -0.873. The largest absolute Gasteiger partial charge is 0.500 e. The van der Waals surface area contributed by atoms with Gasteiger partial charge in [-0.1, -0.05) is 13.3 Å². The van der Waals surface area contributed by atoms with Crippen molar-refractivity contribution in [3.63, 3.8) is 0 Å². The highest BCUT2D eigenvalue weighted by Crippen LogP contribution is 2.17. The van der Waals surface area contributed by atoms with Gasteiger partial charge in [0.1, 0.15) is 25.5 Å². The van der Waals surface area contributed by atoms with Crippen molar-refractivity contribution in [1.82, 2.24) is 4.57 Å². The standard InChI is InChI=1S/C18H35N2O5SSi/c1-5-6-9-19-10-11-20(17-19)12-13-25-18(21)8-15-26-14-7-16-27(22-2,23-3)24-4/h10-11,17H,5-9,12-16H2,1-4H3/q+1. The van der Waals surface area contributed by atoms with E-state index in [2.05, 4.69) is 28.6 Å². The van der Waals surface area contributed by atoms with Crippen LogP contribution in [0.4, 0.5) is 0 Å². The SMILES string of the molecule is CCCC[n+]1ccn(CCOC(=O)CCSCCC[Si](OC)(OC)OC)c1. The minimum atomic E-state index is -2.46. The van der Waals surface area contributed by atoms with E-state index in [-0.39, 0.29) is 5.97 Å². The second kappa shape index (κ2) is 14.2. The Kier molecular flexibility index (Phi) is 12.7. The Bertz CT molecular complexity index is 517. The fraction of sp³-hybridized carbons (Fsp3) is 0.778. The molecule has 0 bridgehead atoms. The number of ether oxygens (including phenoxy) is 1. The van der Waals surface area contributed by atoms with Crippen LogP contribution in [0.25, 0.3) is 0 Å². The summed E-state index contributed by atoms with van der Waals surface area (Å²) >= 11 is 1.74. The third-order valence-electron chi connectivity index (χ3n) is 4.28. The number of hydrogen-bond donors (Lipinski definition) is 0. The van der Waals surface area contributed by atoms with Crippen molar-refractivity contribution in [2.75, 3.05) is 39.4 Å². The third kappa shape index (κ3) is 9.75. The number of nitrogens with zero attached hydrogens (tertiary/aromatic N) is 2. The Morgan fingerprint density at radius 2 is 1.89 bits per heavy atom. The molecule has 0 amide bonds. The van der Waals surface area contributed by atoms with Crippen LogP contribution in [0.5, 0.6) is 0 Å². The first-order chi connectivity index (χ1) is 13.1. The lowest BCUT2D eigenvalue weighted by Gasteiger charge is -2.24. The van der Waals surface area contributed by atoms with Crippen LogP contribution >= 0.6 is 11.8 Å². The smallest absolute Gasteiger partial charge is 0.461 e. The average molecular weight is 420 g/mol. The molecule has 0 saturated heterocycles. The molecule has 156 valence electrons. The molecule has 0 aliphatic carbocycles. The topological polar surface area (TPSA) is 62.8 Å². The van der Waals surface area contributed by atoms with E-state index in [0.717, 1.165) is 30.5 Å². The van der Waals surface area contributed by atoms with Crippen molar-refractivity contribution < 1.29 is 27.4 Å². The van der Waals surface area contributed by atoms with E-state index in [9.17, 15) is 4.79 Å². The summed E-state index contributed by atoms with van der Waals surface area (Å²) in [6.45, 7) is 4.32. The van der Waals surface area contributed by atoms with Crippen molar-refractivity contribution in [3.05, 3.63) is 18.7 Å². The summed E-state index contributed by atoms with van der Waals surface area (Å²) in [7, 11) is 2.41. The molecule has 0 spiro atoms. The number of aromatic nitrogens is 2. The van der Waals surface area contributed by atoms with Crippen LogP contribution in [0.1, 0.15) is 32.6 Å². The Morgan fingerprint density at radius 1 is 1.15 bits per heavy atom. The van der Waals surface area contributed by atoms with Crippen LogP contribution in [-0.4, -0.2) is 58.8 Å². The number of rotatable bonds is 16. The second-order valence-corrected chi connectivity index (χ2v) is 10.5. The summed E-state index contributed by atoms with van der Waals surface area (Å²) < 4.78 is 25.7. The first kappa shape index (κ1) is 24.2. The van der Waals surface area contributed by atoms with Crippen molar-refractivity contribution in [2.45, 2.75) is 51.7 Å². The molecule has 0 fully saturated rings. The summed E-state index contributed by atoms with van der Waals surface area (Å²) in [5, 5.41) is 0. The monoisotopic (exact) mass is 419 g/mol. The van der Waals surface area contributed by atoms with Gasteiger partial charge in [0, 0.05) is 33.1 Å². The Morgan fingerprint density at radius 3 is 2.56 bits per heavy atom. The lowest BCUT2D eigenvalue weighted by atomic mass is 10.3. The summed E-state index contributed by atoms with van der Waals surface area (Å²) in [5.41, 5.74) is 0. The third-order valence-corrected chi connectivity index (χ3v) is 8.19. The molecule has 0 atom stereocenters. The van der Waals surface area contributed by atoms with Crippen LogP contribution in [0.15, 0.2) is 18.7 Å². The molecular formula is C18H35N2O5SSi+. The minimum absolute atomic E-state index is 0.136. The van der Waals surface area contributed by atoms with E-state index in [1.165, 1.54) is 12.8 Å². The number of hydrogen-bond acceptors (Lipinski definition) is 6. The molecular weight excluding hydrogens is 384 g/mol. The summed E-state index contributed by atoms with van der Waals surface area (Å²) in [4.78, 5) is 11.8. The Labute approximate surface area is 168 Å². The van der Waals surface area contributed by atoms with Gasteiger partial charge in [0.05, 0.1) is 13.0 Å². The lowest BCUT2D eigenvalue weighted by molar-refractivity contribution is -0.696. The minimum Gasteiger partial charge on any atom is -0.461 e. The van der Waals surface area contributed by atoms with Gasteiger partial charge in [0.15, 0.2) is 0 Å². The molecule has 1 rings (SSSR count). The molecule has 0 N–H and O–H groups in total. The van der Waals surface area contributed by atoms with Gasteiger partial charge in [-0.25, -0.2) is 9.13 Å². The fourth-order valence-corrected chi connectivity index (χ4v) is 5.43. The lowest BCUT2D eigenvalue weighted by Crippen LogP contribution is -2.42. The molecule has 0 aliphatic heterocycles. The van der Waals surface area contributed by atoms with Gasteiger partial charge in [-0.15, -0.1) is 0 Å². The predicted octanol–water partition coefficient (Wildman–Crippen LogP) is 2.51. The van der Waals surface area contributed by atoms with E-state index >= 15 is 0 Å². The molecule has 0 aliphatic rings. The van der Waals surface area contributed by atoms with Crippen LogP contribution in [0, 0.1) is 0 Å². The highest BCUT2D eigenvalue weighted by molar-refractivity contribution is 7.99. The predicted molar refractivity (Wildman–Crippen MR) is 109 cm³/mol. The number of thioether (sulfide) groups is 1. The zero-order valence-corrected chi connectivity index (χ0v) is 19.0. The number of carbonyl (C=O) groups excluding carboxylic acids is 1.